The first-order valence-corrected chi connectivity index (χ1v) is 8.11. The number of ether oxygens (including phenoxy) is 1. The van der Waals surface area contributed by atoms with E-state index in [2.05, 4.69) is 29.2 Å². The molecule has 23 heavy (non-hydrogen) atoms. The summed E-state index contributed by atoms with van der Waals surface area (Å²) in [4.78, 5) is 23.2. The molecule has 0 radical (unpaired) electrons. The molecule has 1 saturated heterocycles. The highest BCUT2D eigenvalue weighted by Crippen LogP contribution is 2.09. The van der Waals surface area contributed by atoms with E-state index in [0.717, 1.165) is 32.5 Å². The summed E-state index contributed by atoms with van der Waals surface area (Å²) in [5.41, 5.74) is -0.317. The fourth-order valence-electron chi connectivity index (χ4n) is 2.00. The highest BCUT2D eigenvalue weighted by molar-refractivity contribution is 5.74. The smallest absolute Gasteiger partial charge is 0.317 e. The van der Waals surface area contributed by atoms with E-state index in [0.29, 0.717) is 13.0 Å². The molecule has 1 aliphatic rings. The Morgan fingerprint density at radius 2 is 2.04 bits per heavy atom. The predicted octanol–water partition coefficient (Wildman–Crippen LogP) is 1.11. The molecule has 0 atom stereocenters. The Hall–Kier alpha value is -1.34. The lowest BCUT2D eigenvalue weighted by Gasteiger charge is -2.39. The molecule has 1 rings (SSSR count). The summed E-state index contributed by atoms with van der Waals surface area (Å²) in [6.45, 7) is 13.3. The molecule has 0 aromatic rings. The van der Waals surface area contributed by atoms with E-state index in [1.807, 2.05) is 25.7 Å². The monoisotopic (exact) mass is 331 g/mol. The number of aliphatic hydroxyl groups is 1. The van der Waals surface area contributed by atoms with Crippen LogP contribution in [0.1, 0.15) is 47.5 Å². The Labute approximate surface area is 139 Å². The number of unbranched alkanes of at least 4 members (excludes halogenated alkanes) is 1. The second-order valence-electron chi connectivity index (χ2n) is 7.22. The topological polar surface area (TPSA) is 90.9 Å². The van der Waals surface area contributed by atoms with Gasteiger partial charge in [0.05, 0.1) is 0 Å². The van der Waals surface area contributed by atoms with Gasteiger partial charge in [-0.3, -0.25) is 4.79 Å². The first kappa shape index (κ1) is 21.7. The van der Waals surface area contributed by atoms with E-state index < -0.39 is 0 Å². The maximum Gasteiger partial charge on any atom is 0.317 e. The van der Waals surface area contributed by atoms with E-state index in [9.17, 15) is 9.59 Å². The lowest BCUT2D eigenvalue weighted by molar-refractivity contribution is -0.138. The number of aliphatic hydroxyl groups excluding tert-OH is 1. The van der Waals surface area contributed by atoms with Crippen LogP contribution in [0.5, 0.6) is 0 Å². The summed E-state index contributed by atoms with van der Waals surface area (Å²) in [5.74, 6) is 0. The van der Waals surface area contributed by atoms with Gasteiger partial charge in [0.1, 0.15) is 5.60 Å². The van der Waals surface area contributed by atoms with Crippen molar-refractivity contribution in [1.82, 2.24) is 15.5 Å². The number of carbonyl (C=O) groups excluding carboxylic acids is 2. The van der Waals surface area contributed by atoms with Gasteiger partial charge in [-0.2, -0.15) is 0 Å². The van der Waals surface area contributed by atoms with Crippen LogP contribution in [-0.4, -0.2) is 66.4 Å². The van der Waals surface area contributed by atoms with Crippen LogP contribution in [0, 0.1) is 0 Å². The first-order valence-electron chi connectivity index (χ1n) is 8.11. The number of carbonyl (C=O) groups is 2. The van der Waals surface area contributed by atoms with Gasteiger partial charge in [-0.25, -0.2) is 4.79 Å². The number of rotatable bonds is 5. The Kier molecular flexibility index (Phi) is 9.83. The van der Waals surface area contributed by atoms with E-state index in [1.165, 1.54) is 0 Å². The van der Waals surface area contributed by atoms with Gasteiger partial charge < -0.3 is 25.4 Å². The summed E-state index contributed by atoms with van der Waals surface area (Å²) in [7, 11) is 0. The van der Waals surface area contributed by atoms with Crippen LogP contribution in [0.15, 0.2) is 0 Å². The third-order valence-corrected chi connectivity index (χ3v) is 3.12. The van der Waals surface area contributed by atoms with Gasteiger partial charge in [-0.1, -0.05) is 0 Å². The minimum atomic E-state index is -0.318. The van der Waals surface area contributed by atoms with Crippen LogP contribution in [0.3, 0.4) is 0 Å². The van der Waals surface area contributed by atoms with Gasteiger partial charge in [0.2, 0.25) is 0 Å². The molecule has 0 aromatic heterocycles. The first-order chi connectivity index (χ1) is 10.6. The third kappa shape index (κ3) is 11.8. The van der Waals surface area contributed by atoms with Gasteiger partial charge >= 0.3 is 6.03 Å². The molecule has 1 aliphatic heterocycles. The summed E-state index contributed by atoms with van der Waals surface area (Å²) in [5, 5.41) is 14.9. The number of nitrogens with one attached hydrogen (secondary N) is 2. The highest BCUT2D eigenvalue weighted by atomic mass is 16.5. The summed E-state index contributed by atoms with van der Waals surface area (Å²) in [6, 6.07) is 0.00696. The third-order valence-electron chi connectivity index (χ3n) is 3.12. The molecular formula is C16H33N3O4. The van der Waals surface area contributed by atoms with Gasteiger partial charge in [0, 0.05) is 38.3 Å². The van der Waals surface area contributed by atoms with Crippen molar-refractivity contribution < 1.29 is 19.4 Å². The minimum Gasteiger partial charge on any atom is -0.462 e. The molecule has 2 amide bonds. The normalized spacial score (nSPS) is 16.9. The number of hydrogen-bond acceptors (Lipinski definition) is 5. The largest absolute Gasteiger partial charge is 0.462 e. The fourth-order valence-corrected chi connectivity index (χ4v) is 2.00. The SMILES string of the molecule is CC(C)(C)OC=O.CC1(C)CN(C(=O)NCCCCO)CCN1. The average molecular weight is 331 g/mol. The zero-order chi connectivity index (χ0) is 17.9. The molecule has 0 bridgehead atoms. The molecule has 1 fully saturated rings. The van der Waals surface area contributed by atoms with Crippen LogP contribution in [-0.2, 0) is 9.53 Å². The lowest BCUT2D eigenvalue weighted by Crippen LogP contribution is -2.60. The van der Waals surface area contributed by atoms with E-state index >= 15 is 0 Å². The molecule has 7 nitrogen and oxygen atoms in total. The van der Waals surface area contributed by atoms with Gasteiger partial charge in [0.25, 0.3) is 6.47 Å². The van der Waals surface area contributed by atoms with E-state index in [4.69, 9.17) is 5.11 Å². The standard InChI is InChI=1S/C11H23N3O2.C5H10O2/c1-11(2)9-14(7-6-13-11)10(16)12-5-3-4-8-15;1-5(2,3)7-4-6/h13,15H,3-9H2,1-2H3,(H,12,16);4H,1-3H3. The zero-order valence-corrected chi connectivity index (χ0v) is 15.1. The Bertz CT molecular complexity index is 354. The van der Waals surface area contributed by atoms with Crippen molar-refractivity contribution in [3.05, 3.63) is 0 Å². The van der Waals surface area contributed by atoms with Crippen LogP contribution >= 0.6 is 0 Å². The molecule has 1 heterocycles. The maximum atomic E-state index is 11.8. The number of urea groups is 1. The predicted molar refractivity (Wildman–Crippen MR) is 90.3 cm³/mol. The molecule has 0 unspecified atom stereocenters. The van der Waals surface area contributed by atoms with E-state index in [1.54, 1.807) is 0 Å². The number of amides is 2. The number of hydrogen-bond donors (Lipinski definition) is 3. The van der Waals surface area contributed by atoms with Crippen LogP contribution < -0.4 is 10.6 Å². The van der Waals surface area contributed by atoms with Crippen LogP contribution in [0.2, 0.25) is 0 Å². The molecule has 0 spiro atoms. The summed E-state index contributed by atoms with van der Waals surface area (Å²) in [6.07, 6.45) is 1.57. The Morgan fingerprint density at radius 1 is 1.39 bits per heavy atom. The molecule has 136 valence electrons. The van der Waals surface area contributed by atoms with Gasteiger partial charge in [0.15, 0.2) is 0 Å². The lowest BCUT2D eigenvalue weighted by atomic mass is 10.0. The maximum absolute atomic E-state index is 11.8. The van der Waals surface area contributed by atoms with Crippen molar-refractivity contribution >= 4 is 12.5 Å². The average Bonchev–Trinajstić information content (AvgIpc) is 2.41. The summed E-state index contributed by atoms with van der Waals surface area (Å²) < 4.78 is 4.55. The van der Waals surface area contributed by atoms with Gasteiger partial charge in [-0.05, 0) is 47.5 Å². The van der Waals surface area contributed by atoms with Crippen molar-refractivity contribution in [3.8, 4) is 0 Å². The van der Waals surface area contributed by atoms with Crippen LogP contribution in [0.4, 0.5) is 4.79 Å². The number of nitrogens with zero attached hydrogens (tertiary/aromatic N) is 1. The fraction of sp³-hybridized carbons (Fsp3) is 0.875. The molecule has 3 N–H and O–H groups in total. The molecule has 0 saturated carbocycles. The molecule has 7 heteroatoms. The number of piperazine rings is 1. The Morgan fingerprint density at radius 3 is 2.48 bits per heavy atom. The van der Waals surface area contributed by atoms with Gasteiger partial charge in [-0.15, -0.1) is 0 Å². The molecular weight excluding hydrogens is 298 g/mol. The summed E-state index contributed by atoms with van der Waals surface area (Å²) >= 11 is 0. The van der Waals surface area contributed by atoms with Crippen molar-refractivity contribution in [2.24, 2.45) is 0 Å². The second kappa shape index (κ2) is 10.4. The van der Waals surface area contributed by atoms with Crippen molar-refractivity contribution in [1.29, 1.82) is 0 Å². The Balaban J connectivity index is 0.000000585. The second-order valence-corrected chi connectivity index (χ2v) is 7.22. The van der Waals surface area contributed by atoms with E-state index in [-0.39, 0.29) is 23.8 Å². The molecule has 0 aliphatic carbocycles. The van der Waals surface area contributed by atoms with Crippen molar-refractivity contribution in [2.45, 2.75) is 58.6 Å². The quantitative estimate of drug-likeness (QED) is 0.518. The highest BCUT2D eigenvalue weighted by Gasteiger charge is 2.28. The zero-order valence-electron chi connectivity index (χ0n) is 15.1. The molecule has 0 aromatic carbocycles. The minimum absolute atomic E-state index is 0.000683. The van der Waals surface area contributed by atoms with Crippen molar-refractivity contribution in [3.63, 3.8) is 0 Å². The van der Waals surface area contributed by atoms with Crippen molar-refractivity contribution in [2.75, 3.05) is 32.8 Å². The van der Waals surface area contributed by atoms with Crippen LogP contribution in [0.25, 0.3) is 0 Å².